The molecular formula is C16H17F2NO. The van der Waals surface area contributed by atoms with Crippen LogP contribution in [0.3, 0.4) is 0 Å². The minimum Gasteiger partial charge on any atom is -0.496 e. The van der Waals surface area contributed by atoms with Crippen LogP contribution < -0.4 is 10.5 Å². The lowest BCUT2D eigenvalue weighted by atomic mass is 9.95. The van der Waals surface area contributed by atoms with Crippen LogP contribution in [-0.2, 0) is 0 Å². The molecular weight excluding hydrogens is 260 g/mol. The fraction of sp³-hybridized carbons (Fsp3) is 0.250. The largest absolute Gasteiger partial charge is 0.496 e. The van der Waals surface area contributed by atoms with Gasteiger partial charge in [0.25, 0.3) is 0 Å². The quantitative estimate of drug-likeness (QED) is 0.929. The zero-order valence-corrected chi connectivity index (χ0v) is 11.7. The highest BCUT2D eigenvalue weighted by Gasteiger charge is 2.19. The first-order valence-electron chi connectivity index (χ1n) is 6.30. The van der Waals surface area contributed by atoms with Gasteiger partial charge in [0.05, 0.1) is 13.2 Å². The summed E-state index contributed by atoms with van der Waals surface area (Å²) in [6, 6.07) is 6.48. The van der Waals surface area contributed by atoms with Crippen molar-refractivity contribution in [3.63, 3.8) is 0 Å². The Morgan fingerprint density at radius 2 is 1.55 bits per heavy atom. The van der Waals surface area contributed by atoms with Gasteiger partial charge in [-0.3, -0.25) is 0 Å². The van der Waals surface area contributed by atoms with E-state index < -0.39 is 17.7 Å². The van der Waals surface area contributed by atoms with E-state index in [1.54, 1.807) is 19.2 Å². The van der Waals surface area contributed by atoms with Crippen LogP contribution in [0.5, 0.6) is 5.75 Å². The standard InChI is InChI=1S/C16H17F2NO/c1-9-7-11(8-10(2)16(9)20-3)15(19)14-12(17)5-4-6-13(14)18/h4-8,15H,19H2,1-3H3. The van der Waals surface area contributed by atoms with Crippen LogP contribution in [0.15, 0.2) is 30.3 Å². The minimum atomic E-state index is -0.848. The van der Waals surface area contributed by atoms with Crippen LogP contribution in [0, 0.1) is 25.5 Å². The Kier molecular flexibility index (Phi) is 4.04. The lowest BCUT2D eigenvalue weighted by Crippen LogP contribution is -2.16. The van der Waals surface area contributed by atoms with Crippen molar-refractivity contribution in [2.45, 2.75) is 19.9 Å². The maximum absolute atomic E-state index is 13.8. The van der Waals surface area contributed by atoms with E-state index in [4.69, 9.17) is 10.5 Å². The van der Waals surface area contributed by atoms with E-state index in [1.807, 2.05) is 13.8 Å². The van der Waals surface area contributed by atoms with Crippen molar-refractivity contribution in [2.75, 3.05) is 7.11 Å². The van der Waals surface area contributed by atoms with Crippen molar-refractivity contribution >= 4 is 0 Å². The maximum atomic E-state index is 13.8. The summed E-state index contributed by atoms with van der Waals surface area (Å²) in [6.07, 6.45) is 0. The second-order valence-corrected chi connectivity index (χ2v) is 4.80. The summed E-state index contributed by atoms with van der Waals surface area (Å²) in [7, 11) is 1.59. The third-order valence-corrected chi connectivity index (χ3v) is 3.36. The molecule has 0 bridgehead atoms. The molecule has 0 amide bonds. The van der Waals surface area contributed by atoms with Crippen molar-refractivity contribution in [3.05, 3.63) is 64.2 Å². The fourth-order valence-corrected chi connectivity index (χ4v) is 2.46. The monoisotopic (exact) mass is 277 g/mol. The molecule has 0 spiro atoms. The second-order valence-electron chi connectivity index (χ2n) is 4.80. The Labute approximate surface area is 117 Å². The van der Waals surface area contributed by atoms with Crippen molar-refractivity contribution in [1.29, 1.82) is 0 Å². The molecule has 1 atom stereocenters. The number of nitrogens with two attached hydrogens (primary N) is 1. The lowest BCUT2D eigenvalue weighted by molar-refractivity contribution is 0.408. The van der Waals surface area contributed by atoms with Crippen LogP contribution in [0.1, 0.15) is 28.3 Å². The molecule has 0 aromatic heterocycles. The SMILES string of the molecule is COc1c(C)cc(C(N)c2c(F)cccc2F)cc1C. The van der Waals surface area contributed by atoms with Gasteiger partial charge in [-0.1, -0.05) is 18.2 Å². The predicted molar refractivity (Wildman–Crippen MR) is 74.9 cm³/mol. The Morgan fingerprint density at radius 3 is 2.00 bits per heavy atom. The molecule has 0 aliphatic heterocycles. The summed E-state index contributed by atoms with van der Waals surface area (Å²) in [5, 5.41) is 0. The van der Waals surface area contributed by atoms with Crippen molar-refractivity contribution in [2.24, 2.45) is 5.73 Å². The molecule has 2 nitrogen and oxygen atoms in total. The summed E-state index contributed by atoms with van der Waals surface area (Å²) in [4.78, 5) is 0. The van der Waals surface area contributed by atoms with Crippen LogP contribution in [-0.4, -0.2) is 7.11 Å². The molecule has 2 rings (SSSR count). The first-order valence-corrected chi connectivity index (χ1v) is 6.30. The van der Waals surface area contributed by atoms with Gasteiger partial charge in [-0.15, -0.1) is 0 Å². The zero-order valence-electron chi connectivity index (χ0n) is 11.7. The summed E-state index contributed by atoms with van der Waals surface area (Å²) in [5.74, 6) is -0.512. The van der Waals surface area contributed by atoms with Crippen LogP contribution in [0.25, 0.3) is 0 Å². The number of hydrogen-bond acceptors (Lipinski definition) is 2. The second kappa shape index (κ2) is 5.59. The fourth-order valence-electron chi connectivity index (χ4n) is 2.46. The molecule has 0 saturated carbocycles. The molecule has 4 heteroatoms. The summed E-state index contributed by atoms with van der Waals surface area (Å²) in [5.41, 5.74) is 8.34. The van der Waals surface area contributed by atoms with Gasteiger partial charge in [0, 0.05) is 5.56 Å². The molecule has 0 aliphatic rings. The zero-order chi connectivity index (χ0) is 14.9. The van der Waals surface area contributed by atoms with Crippen molar-refractivity contribution in [3.8, 4) is 5.75 Å². The molecule has 0 aliphatic carbocycles. The molecule has 0 heterocycles. The average molecular weight is 277 g/mol. The summed E-state index contributed by atoms with van der Waals surface area (Å²) < 4.78 is 32.9. The van der Waals surface area contributed by atoms with Crippen LogP contribution in [0.4, 0.5) is 8.78 Å². The minimum absolute atomic E-state index is 0.114. The molecule has 20 heavy (non-hydrogen) atoms. The van der Waals surface area contributed by atoms with E-state index in [2.05, 4.69) is 0 Å². The Bertz CT molecular complexity index is 597. The van der Waals surface area contributed by atoms with E-state index >= 15 is 0 Å². The molecule has 2 N–H and O–H groups in total. The molecule has 1 unspecified atom stereocenters. The Hall–Kier alpha value is -1.94. The van der Waals surface area contributed by atoms with E-state index in [0.717, 1.165) is 16.9 Å². The summed E-state index contributed by atoms with van der Waals surface area (Å²) in [6.45, 7) is 3.75. The predicted octanol–water partition coefficient (Wildman–Crippen LogP) is 3.64. The van der Waals surface area contributed by atoms with Gasteiger partial charge < -0.3 is 10.5 Å². The number of benzene rings is 2. The van der Waals surface area contributed by atoms with E-state index in [-0.39, 0.29) is 5.56 Å². The van der Waals surface area contributed by atoms with Crippen molar-refractivity contribution in [1.82, 2.24) is 0 Å². The third kappa shape index (κ3) is 2.51. The number of hydrogen-bond donors (Lipinski definition) is 1. The Morgan fingerprint density at radius 1 is 1.05 bits per heavy atom. The normalized spacial score (nSPS) is 12.3. The Balaban J connectivity index is 2.52. The first-order chi connectivity index (χ1) is 9.45. The molecule has 0 radical (unpaired) electrons. The highest BCUT2D eigenvalue weighted by Crippen LogP contribution is 2.30. The smallest absolute Gasteiger partial charge is 0.131 e. The van der Waals surface area contributed by atoms with E-state index in [0.29, 0.717) is 5.56 Å². The van der Waals surface area contributed by atoms with Gasteiger partial charge in [0.2, 0.25) is 0 Å². The van der Waals surface area contributed by atoms with Crippen LogP contribution in [0.2, 0.25) is 0 Å². The van der Waals surface area contributed by atoms with Gasteiger partial charge >= 0.3 is 0 Å². The van der Waals surface area contributed by atoms with Gasteiger partial charge in [0.1, 0.15) is 17.4 Å². The van der Waals surface area contributed by atoms with Gasteiger partial charge in [-0.05, 0) is 42.7 Å². The highest BCUT2D eigenvalue weighted by atomic mass is 19.1. The van der Waals surface area contributed by atoms with E-state index in [1.165, 1.54) is 18.2 Å². The molecule has 106 valence electrons. The van der Waals surface area contributed by atoms with E-state index in [9.17, 15) is 8.78 Å². The third-order valence-electron chi connectivity index (χ3n) is 3.36. The molecule has 2 aromatic rings. The number of methoxy groups -OCH3 is 1. The lowest BCUT2D eigenvalue weighted by Gasteiger charge is -2.17. The highest BCUT2D eigenvalue weighted by molar-refractivity contribution is 5.46. The van der Waals surface area contributed by atoms with Crippen molar-refractivity contribution < 1.29 is 13.5 Å². The van der Waals surface area contributed by atoms with Gasteiger partial charge in [0.15, 0.2) is 0 Å². The number of ether oxygens (including phenoxy) is 1. The molecule has 0 fully saturated rings. The number of rotatable bonds is 3. The molecule has 2 aromatic carbocycles. The number of aryl methyl sites for hydroxylation is 2. The van der Waals surface area contributed by atoms with Gasteiger partial charge in [-0.2, -0.15) is 0 Å². The van der Waals surface area contributed by atoms with Crippen LogP contribution >= 0.6 is 0 Å². The first kappa shape index (κ1) is 14.5. The maximum Gasteiger partial charge on any atom is 0.131 e. The number of halogens is 2. The average Bonchev–Trinajstić information content (AvgIpc) is 2.37. The van der Waals surface area contributed by atoms with Gasteiger partial charge in [-0.25, -0.2) is 8.78 Å². The topological polar surface area (TPSA) is 35.2 Å². The molecule has 0 saturated heterocycles. The summed E-state index contributed by atoms with van der Waals surface area (Å²) >= 11 is 0.